The molecule has 2 fully saturated rings. The van der Waals surface area contributed by atoms with E-state index in [1.54, 1.807) is 0 Å². The van der Waals surface area contributed by atoms with Gasteiger partial charge in [-0.1, -0.05) is 19.3 Å². The summed E-state index contributed by atoms with van der Waals surface area (Å²) in [5.41, 5.74) is 0.297. The quantitative estimate of drug-likeness (QED) is 0.595. The van der Waals surface area contributed by atoms with Crippen molar-refractivity contribution < 1.29 is 0 Å². The molecular weight excluding hydrogens is 160 g/mol. The zero-order valence-corrected chi connectivity index (χ0v) is 8.90. The lowest BCUT2D eigenvalue weighted by atomic mass is 9.92. The predicted molar refractivity (Wildman–Crippen MR) is 55.9 cm³/mol. The van der Waals surface area contributed by atoms with Gasteiger partial charge in [-0.15, -0.1) is 0 Å². The Bertz CT molecular complexity index is 177. The van der Waals surface area contributed by atoms with Crippen molar-refractivity contribution in [2.24, 2.45) is 0 Å². The van der Waals surface area contributed by atoms with E-state index in [1.165, 1.54) is 32.1 Å². The van der Waals surface area contributed by atoms with Crippen molar-refractivity contribution in [3.63, 3.8) is 0 Å². The zero-order valence-electron chi connectivity index (χ0n) is 8.90. The van der Waals surface area contributed by atoms with Crippen molar-refractivity contribution >= 4 is 0 Å². The molecule has 2 N–H and O–H groups in total. The highest BCUT2D eigenvalue weighted by Crippen LogP contribution is 2.23. The first-order chi connectivity index (χ1) is 6.17. The van der Waals surface area contributed by atoms with E-state index < -0.39 is 0 Å². The molecule has 0 aromatic carbocycles. The molecule has 0 bridgehead atoms. The van der Waals surface area contributed by atoms with Crippen LogP contribution in [0.4, 0.5) is 0 Å². The minimum atomic E-state index is 0.297. The Kier molecular flexibility index (Phi) is 2.61. The molecule has 1 aliphatic carbocycles. The smallest absolute Gasteiger partial charge is 0.0252 e. The van der Waals surface area contributed by atoms with E-state index in [-0.39, 0.29) is 0 Å². The Morgan fingerprint density at radius 1 is 1.00 bits per heavy atom. The molecule has 2 atom stereocenters. The fraction of sp³-hybridized carbons (Fsp3) is 1.00. The Hall–Kier alpha value is -0.0800. The highest BCUT2D eigenvalue weighted by atomic mass is 15.1. The second-order valence-electron chi connectivity index (χ2n) is 5.26. The van der Waals surface area contributed by atoms with Crippen molar-refractivity contribution in [1.29, 1.82) is 0 Å². The van der Waals surface area contributed by atoms with Crippen molar-refractivity contribution in [2.45, 2.75) is 63.6 Å². The van der Waals surface area contributed by atoms with E-state index in [9.17, 15) is 0 Å². The minimum Gasteiger partial charge on any atom is -0.311 e. The van der Waals surface area contributed by atoms with Crippen LogP contribution in [0.1, 0.15) is 46.0 Å². The average Bonchev–Trinajstić information content (AvgIpc) is 2.27. The topological polar surface area (TPSA) is 24.1 Å². The van der Waals surface area contributed by atoms with E-state index >= 15 is 0 Å². The third-order valence-corrected chi connectivity index (χ3v) is 3.40. The highest BCUT2D eigenvalue weighted by molar-refractivity contribution is 4.97. The maximum absolute atomic E-state index is 3.77. The van der Waals surface area contributed by atoms with Crippen molar-refractivity contribution in [2.75, 3.05) is 6.54 Å². The lowest BCUT2D eigenvalue weighted by Gasteiger charge is -2.42. The van der Waals surface area contributed by atoms with Gasteiger partial charge in [-0.25, -0.2) is 0 Å². The molecule has 1 aliphatic heterocycles. The average molecular weight is 182 g/mol. The van der Waals surface area contributed by atoms with Gasteiger partial charge in [0.1, 0.15) is 0 Å². The van der Waals surface area contributed by atoms with Crippen LogP contribution >= 0.6 is 0 Å². The molecule has 76 valence electrons. The fourth-order valence-corrected chi connectivity index (χ4v) is 2.66. The van der Waals surface area contributed by atoms with Crippen LogP contribution in [-0.4, -0.2) is 24.2 Å². The molecule has 0 spiro atoms. The number of piperazine rings is 1. The molecule has 1 heterocycles. The Balaban J connectivity index is 2.00. The van der Waals surface area contributed by atoms with Crippen molar-refractivity contribution in [3.05, 3.63) is 0 Å². The number of hydrogen-bond donors (Lipinski definition) is 2. The van der Waals surface area contributed by atoms with Crippen molar-refractivity contribution in [1.82, 2.24) is 10.6 Å². The zero-order chi connectivity index (χ0) is 9.31. The van der Waals surface area contributed by atoms with Gasteiger partial charge < -0.3 is 10.6 Å². The van der Waals surface area contributed by atoms with Crippen LogP contribution in [0.3, 0.4) is 0 Å². The van der Waals surface area contributed by atoms with Crippen LogP contribution in [0.25, 0.3) is 0 Å². The van der Waals surface area contributed by atoms with E-state index in [1.807, 2.05) is 0 Å². The molecule has 0 aromatic rings. The fourth-order valence-electron chi connectivity index (χ4n) is 2.66. The maximum atomic E-state index is 3.77. The van der Waals surface area contributed by atoms with Crippen LogP contribution in [0.5, 0.6) is 0 Å². The molecule has 2 aliphatic rings. The van der Waals surface area contributed by atoms with Crippen LogP contribution in [0, 0.1) is 0 Å². The minimum absolute atomic E-state index is 0.297. The lowest BCUT2D eigenvalue weighted by molar-refractivity contribution is 0.200. The number of rotatable bonds is 0. The van der Waals surface area contributed by atoms with Crippen LogP contribution in [0.2, 0.25) is 0 Å². The first kappa shape index (κ1) is 9.47. The molecular formula is C11H22N2. The molecule has 1 saturated carbocycles. The predicted octanol–water partition coefficient (Wildman–Crippen LogP) is 1.66. The first-order valence-electron chi connectivity index (χ1n) is 5.68. The third kappa shape index (κ3) is 2.23. The molecule has 2 rings (SSSR count). The summed E-state index contributed by atoms with van der Waals surface area (Å²) in [6, 6.07) is 1.47. The second kappa shape index (κ2) is 3.58. The maximum Gasteiger partial charge on any atom is 0.0252 e. The van der Waals surface area contributed by atoms with E-state index in [4.69, 9.17) is 0 Å². The molecule has 2 nitrogen and oxygen atoms in total. The molecule has 0 amide bonds. The molecule has 0 unspecified atom stereocenters. The van der Waals surface area contributed by atoms with E-state index in [0.29, 0.717) is 5.54 Å². The SMILES string of the molecule is CC1(C)CN[C@H]2CCCCC[C@H]2N1. The van der Waals surface area contributed by atoms with E-state index in [2.05, 4.69) is 24.5 Å². The van der Waals surface area contributed by atoms with Gasteiger partial charge in [0.15, 0.2) is 0 Å². The molecule has 1 saturated heterocycles. The number of nitrogens with one attached hydrogen (secondary N) is 2. The summed E-state index contributed by atoms with van der Waals surface area (Å²) in [5.74, 6) is 0. The summed E-state index contributed by atoms with van der Waals surface area (Å²) in [7, 11) is 0. The number of hydrogen-bond acceptors (Lipinski definition) is 2. The number of fused-ring (bicyclic) bond motifs is 1. The van der Waals surface area contributed by atoms with Crippen LogP contribution in [-0.2, 0) is 0 Å². The first-order valence-corrected chi connectivity index (χ1v) is 5.68. The third-order valence-electron chi connectivity index (χ3n) is 3.40. The van der Waals surface area contributed by atoms with Gasteiger partial charge in [0.05, 0.1) is 0 Å². The van der Waals surface area contributed by atoms with Crippen molar-refractivity contribution in [3.8, 4) is 0 Å². The van der Waals surface area contributed by atoms with Gasteiger partial charge in [0, 0.05) is 24.2 Å². The molecule has 13 heavy (non-hydrogen) atoms. The second-order valence-corrected chi connectivity index (χ2v) is 5.26. The molecule has 0 aromatic heterocycles. The molecule has 2 heteroatoms. The summed E-state index contributed by atoms with van der Waals surface area (Å²) in [6.45, 7) is 5.70. The van der Waals surface area contributed by atoms with Gasteiger partial charge in [0.25, 0.3) is 0 Å². The van der Waals surface area contributed by atoms with E-state index in [0.717, 1.165) is 18.6 Å². The van der Waals surface area contributed by atoms with Gasteiger partial charge in [-0.2, -0.15) is 0 Å². The van der Waals surface area contributed by atoms with Gasteiger partial charge >= 0.3 is 0 Å². The van der Waals surface area contributed by atoms with Crippen LogP contribution < -0.4 is 10.6 Å². The normalized spacial score (nSPS) is 39.2. The van der Waals surface area contributed by atoms with Gasteiger partial charge in [-0.3, -0.25) is 0 Å². The van der Waals surface area contributed by atoms with Crippen LogP contribution in [0.15, 0.2) is 0 Å². The molecule has 0 radical (unpaired) electrons. The Morgan fingerprint density at radius 2 is 1.69 bits per heavy atom. The largest absolute Gasteiger partial charge is 0.311 e. The summed E-state index contributed by atoms with van der Waals surface area (Å²) < 4.78 is 0. The lowest BCUT2D eigenvalue weighted by Crippen LogP contribution is -2.65. The summed E-state index contributed by atoms with van der Waals surface area (Å²) in [5, 5.41) is 7.46. The summed E-state index contributed by atoms with van der Waals surface area (Å²) >= 11 is 0. The summed E-state index contributed by atoms with van der Waals surface area (Å²) in [6.07, 6.45) is 6.98. The Labute approximate surface area is 81.5 Å². The van der Waals surface area contributed by atoms with Gasteiger partial charge in [-0.05, 0) is 26.7 Å². The standard InChI is InChI=1S/C11H22N2/c1-11(2)8-12-9-6-4-3-5-7-10(9)13-11/h9-10,12-13H,3-8H2,1-2H3/t9-,10+/m0/s1. The Morgan fingerprint density at radius 3 is 2.46 bits per heavy atom. The van der Waals surface area contributed by atoms with Gasteiger partial charge in [0.2, 0.25) is 0 Å². The highest BCUT2D eigenvalue weighted by Gasteiger charge is 2.33. The monoisotopic (exact) mass is 182 g/mol. The summed E-state index contributed by atoms with van der Waals surface area (Å²) in [4.78, 5) is 0.